The van der Waals surface area contributed by atoms with E-state index in [0.717, 1.165) is 18.4 Å². The molecular weight excluding hydrogens is 142 g/mol. The second-order valence-corrected chi connectivity index (χ2v) is 3.83. The van der Waals surface area contributed by atoms with E-state index in [4.69, 9.17) is 5.73 Å². The van der Waals surface area contributed by atoms with Crippen LogP contribution in [0.1, 0.15) is 17.2 Å². The maximum atomic E-state index is 5.53. The second-order valence-electron chi connectivity index (χ2n) is 2.85. The van der Waals surface area contributed by atoms with E-state index < -0.39 is 0 Å². The fraction of sp³-hybridized carbons (Fsp3) is 0.500. The fourth-order valence-corrected chi connectivity index (χ4v) is 2.29. The summed E-state index contributed by atoms with van der Waals surface area (Å²) < 4.78 is 0. The van der Waals surface area contributed by atoms with Gasteiger partial charge in [-0.05, 0) is 36.2 Å². The van der Waals surface area contributed by atoms with Crippen molar-refractivity contribution in [2.75, 3.05) is 6.54 Å². The van der Waals surface area contributed by atoms with E-state index in [9.17, 15) is 0 Å². The van der Waals surface area contributed by atoms with Gasteiger partial charge in [-0.25, -0.2) is 0 Å². The Morgan fingerprint density at radius 3 is 3.10 bits per heavy atom. The second kappa shape index (κ2) is 2.36. The molecule has 1 aliphatic rings. The van der Waals surface area contributed by atoms with Crippen LogP contribution in [0.15, 0.2) is 17.5 Å². The van der Waals surface area contributed by atoms with E-state index in [1.165, 1.54) is 11.3 Å². The highest BCUT2D eigenvalue weighted by atomic mass is 32.1. The third kappa shape index (κ3) is 0.976. The number of thiophene rings is 1. The average Bonchev–Trinajstić information content (AvgIpc) is 2.56. The lowest BCUT2D eigenvalue weighted by Crippen LogP contribution is -2.01. The summed E-state index contributed by atoms with van der Waals surface area (Å²) in [6.07, 6.45) is 1.32. The van der Waals surface area contributed by atoms with Crippen LogP contribution in [-0.2, 0) is 0 Å². The molecule has 0 amide bonds. The molecule has 2 atom stereocenters. The Morgan fingerprint density at radius 2 is 2.60 bits per heavy atom. The first-order valence-electron chi connectivity index (χ1n) is 3.65. The minimum Gasteiger partial charge on any atom is -0.330 e. The molecule has 0 saturated heterocycles. The van der Waals surface area contributed by atoms with Gasteiger partial charge in [0.25, 0.3) is 0 Å². The van der Waals surface area contributed by atoms with Crippen molar-refractivity contribution in [3.05, 3.63) is 22.4 Å². The van der Waals surface area contributed by atoms with Gasteiger partial charge in [0.15, 0.2) is 0 Å². The highest BCUT2D eigenvalue weighted by molar-refractivity contribution is 7.10. The van der Waals surface area contributed by atoms with E-state index in [1.54, 1.807) is 0 Å². The van der Waals surface area contributed by atoms with E-state index in [2.05, 4.69) is 17.5 Å². The molecule has 0 bridgehead atoms. The largest absolute Gasteiger partial charge is 0.330 e. The molecule has 1 aromatic heterocycles. The van der Waals surface area contributed by atoms with Crippen LogP contribution >= 0.6 is 11.3 Å². The van der Waals surface area contributed by atoms with Crippen molar-refractivity contribution in [3.63, 3.8) is 0 Å². The standard InChI is InChI=1S/C8H11NS/c9-5-6-4-7(6)8-2-1-3-10-8/h1-3,6-7H,4-5,9H2. The predicted octanol–water partition coefficient (Wildman–Crippen LogP) is 1.81. The Bertz CT molecular complexity index is 205. The minimum atomic E-state index is 0.790. The Labute approximate surface area is 64.9 Å². The molecule has 1 saturated carbocycles. The summed E-state index contributed by atoms with van der Waals surface area (Å²) in [4.78, 5) is 1.52. The predicted molar refractivity (Wildman–Crippen MR) is 44.2 cm³/mol. The SMILES string of the molecule is NCC1CC1c1cccs1. The van der Waals surface area contributed by atoms with E-state index >= 15 is 0 Å². The zero-order chi connectivity index (χ0) is 6.97. The summed E-state index contributed by atoms with van der Waals surface area (Å²) in [5.74, 6) is 1.60. The summed E-state index contributed by atoms with van der Waals surface area (Å²) >= 11 is 1.86. The zero-order valence-corrected chi connectivity index (χ0v) is 6.60. The van der Waals surface area contributed by atoms with Crippen LogP contribution in [0.4, 0.5) is 0 Å². The minimum absolute atomic E-state index is 0.790. The number of hydrogen-bond acceptors (Lipinski definition) is 2. The van der Waals surface area contributed by atoms with Gasteiger partial charge in [-0.15, -0.1) is 11.3 Å². The van der Waals surface area contributed by atoms with E-state index in [-0.39, 0.29) is 0 Å². The van der Waals surface area contributed by atoms with Gasteiger partial charge >= 0.3 is 0 Å². The normalized spacial score (nSPS) is 30.5. The van der Waals surface area contributed by atoms with Crippen LogP contribution in [0.25, 0.3) is 0 Å². The lowest BCUT2D eigenvalue weighted by atomic mass is 10.3. The van der Waals surface area contributed by atoms with Crippen LogP contribution in [-0.4, -0.2) is 6.54 Å². The molecule has 2 N–H and O–H groups in total. The molecule has 54 valence electrons. The Kier molecular flexibility index (Phi) is 1.51. The topological polar surface area (TPSA) is 26.0 Å². The number of nitrogens with two attached hydrogens (primary N) is 1. The van der Waals surface area contributed by atoms with Crippen molar-refractivity contribution < 1.29 is 0 Å². The summed E-state index contributed by atoms with van der Waals surface area (Å²) in [5.41, 5.74) is 5.53. The zero-order valence-electron chi connectivity index (χ0n) is 5.79. The van der Waals surface area contributed by atoms with Gasteiger partial charge in [0.2, 0.25) is 0 Å². The van der Waals surface area contributed by atoms with Crippen molar-refractivity contribution in [1.82, 2.24) is 0 Å². The highest BCUT2D eigenvalue weighted by Crippen LogP contribution is 2.48. The molecule has 2 unspecified atom stereocenters. The maximum absolute atomic E-state index is 5.53. The molecule has 2 heteroatoms. The fourth-order valence-electron chi connectivity index (χ4n) is 1.36. The molecule has 10 heavy (non-hydrogen) atoms. The van der Waals surface area contributed by atoms with Gasteiger partial charge in [-0.1, -0.05) is 6.07 Å². The molecule has 0 aliphatic heterocycles. The van der Waals surface area contributed by atoms with Gasteiger partial charge in [-0.2, -0.15) is 0 Å². The molecular formula is C8H11NS. The molecule has 0 aromatic carbocycles. The molecule has 1 aliphatic carbocycles. The average molecular weight is 153 g/mol. The first kappa shape index (κ1) is 6.38. The Morgan fingerprint density at radius 1 is 1.70 bits per heavy atom. The molecule has 0 spiro atoms. The monoisotopic (exact) mass is 153 g/mol. The molecule has 1 fully saturated rings. The van der Waals surface area contributed by atoms with Crippen LogP contribution in [0, 0.1) is 5.92 Å². The first-order valence-corrected chi connectivity index (χ1v) is 4.53. The molecule has 1 heterocycles. The lowest BCUT2D eigenvalue weighted by Gasteiger charge is -1.89. The van der Waals surface area contributed by atoms with E-state index in [0.29, 0.717) is 0 Å². The van der Waals surface area contributed by atoms with Crippen LogP contribution in [0.5, 0.6) is 0 Å². The third-order valence-corrected chi connectivity index (χ3v) is 3.14. The molecule has 0 radical (unpaired) electrons. The Hall–Kier alpha value is -0.340. The quantitative estimate of drug-likeness (QED) is 0.689. The van der Waals surface area contributed by atoms with Crippen molar-refractivity contribution in [2.45, 2.75) is 12.3 Å². The van der Waals surface area contributed by atoms with Crippen molar-refractivity contribution in [1.29, 1.82) is 0 Å². The van der Waals surface area contributed by atoms with Gasteiger partial charge in [0.05, 0.1) is 0 Å². The van der Waals surface area contributed by atoms with Gasteiger partial charge in [-0.3, -0.25) is 0 Å². The third-order valence-electron chi connectivity index (χ3n) is 2.13. The van der Waals surface area contributed by atoms with Crippen molar-refractivity contribution >= 4 is 11.3 Å². The van der Waals surface area contributed by atoms with Crippen molar-refractivity contribution in [2.24, 2.45) is 11.7 Å². The summed E-state index contributed by atoms with van der Waals surface area (Å²) in [5, 5.41) is 2.14. The molecule has 2 rings (SSSR count). The lowest BCUT2D eigenvalue weighted by molar-refractivity contribution is 0.815. The summed E-state index contributed by atoms with van der Waals surface area (Å²) in [6.45, 7) is 0.864. The van der Waals surface area contributed by atoms with Gasteiger partial charge in [0, 0.05) is 4.88 Å². The molecule has 1 aromatic rings. The maximum Gasteiger partial charge on any atom is 0.00795 e. The summed E-state index contributed by atoms with van der Waals surface area (Å²) in [7, 11) is 0. The smallest absolute Gasteiger partial charge is 0.00795 e. The number of rotatable bonds is 2. The van der Waals surface area contributed by atoms with Crippen LogP contribution in [0.2, 0.25) is 0 Å². The van der Waals surface area contributed by atoms with Crippen LogP contribution in [0.3, 0.4) is 0 Å². The van der Waals surface area contributed by atoms with Gasteiger partial charge in [0.1, 0.15) is 0 Å². The highest BCUT2D eigenvalue weighted by Gasteiger charge is 2.37. The van der Waals surface area contributed by atoms with E-state index in [1.807, 2.05) is 11.3 Å². The van der Waals surface area contributed by atoms with Gasteiger partial charge < -0.3 is 5.73 Å². The summed E-state index contributed by atoms with van der Waals surface area (Å²) in [6, 6.07) is 4.33. The van der Waals surface area contributed by atoms with Crippen molar-refractivity contribution in [3.8, 4) is 0 Å². The van der Waals surface area contributed by atoms with Crippen LogP contribution < -0.4 is 5.73 Å². The first-order chi connectivity index (χ1) is 4.92. The molecule has 1 nitrogen and oxygen atoms in total. The number of hydrogen-bond donors (Lipinski definition) is 1. The Balaban J connectivity index is 2.05.